The largest absolute Gasteiger partial charge is 0.351 e. The third kappa shape index (κ3) is 4.20. The molecule has 3 rings (SSSR count). The molecule has 0 bridgehead atoms. The minimum Gasteiger partial charge on any atom is -0.351 e. The van der Waals surface area contributed by atoms with E-state index in [1.54, 1.807) is 11.0 Å². The summed E-state index contributed by atoms with van der Waals surface area (Å²) in [7, 11) is 0. The molecule has 6 heteroatoms. The molecule has 2 heterocycles. The lowest BCUT2D eigenvalue weighted by atomic mass is 10.2. The minimum absolute atomic E-state index is 0.0680. The second-order valence-electron chi connectivity index (χ2n) is 6.35. The second-order valence-corrected chi connectivity index (χ2v) is 6.35. The molecule has 1 aromatic carbocycles. The molecule has 1 aliphatic heterocycles. The Balaban J connectivity index is 1.57. The summed E-state index contributed by atoms with van der Waals surface area (Å²) in [5, 5.41) is 7.20. The number of benzene rings is 1. The zero-order valence-corrected chi connectivity index (χ0v) is 14.2. The maximum Gasteiger partial charge on any atom is 0.237 e. The molecule has 0 saturated carbocycles. The Morgan fingerprint density at radius 3 is 2.75 bits per heavy atom. The highest BCUT2D eigenvalue weighted by Gasteiger charge is 2.21. The predicted molar refractivity (Wildman–Crippen MR) is 92.7 cm³/mol. The molecule has 1 saturated heterocycles. The maximum atomic E-state index is 12.5. The van der Waals surface area contributed by atoms with Gasteiger partial charge < -0.3 is 5.32 Å². The van der Waals surface area contributed by atoms with Gasteiger partial charge in [-0.2, -0.15) is 5.10 Å². The smallest absolute Gasteiger partial charge is 0.237 e. The lowest BCUT2D eigenvalue weighted by molar-refractivity contribution is -0.126. The number of nitrogens with one attached hydrogen (secondary N) is 1. The number of carbonyl (C=O) groups is 1. The van der Waals surface area contributed by atoms with Gasteiger partial charge in [-0.05, 0) is 50.6 Å². The Morgan fingerprint density at radius 1 is 1.25 bits per heavy atom. The van der Waals surface area contributed by atoms with Crippen LogP contribution in [0.4, 0.5) is 0 Å². The molecule has 0 spiro atoms. The van der Waals surface area contributed by atoms with Crippen LogP contribution in [0.2, 0.25) is 0 Å². The molecule has 0 radical (unpaired) electrons. The highest BCUT2D eigenvalue weighted by Crippen LogP contribution is 2.13. The zero-order chi connectivity index (χ0) is 16.8. The highest BCUT2D eigenvalue weighted by molar-refractivity contribution is 5.81. The summed E-state index contributed by atoms with van der Waals surface area (Å²) in [4.78, 5) is 18.7. The van der Waals surface area contributed by atoms with E-state index < -0.39 is 0 Å². The van der Waals surface area contributed by atoms with Crippen molar-refractivity contribution in [2.75, 3.05) is 13.1 Å². The Labute approximate surface area is 142 Å². The summed E-state index contributed by atoms with van der Waals surface area (Å²) in [6, 6.07) is 7.90. The van der Waals surface area contributed by atoms with Crippen LogP contribution >= 0.6 is 0 Å². The number of aromatic nitrogens is 3. The van der Waals surface area contributed by atoms with Crippen LogP contribution in [0.5, 0.6) is 0 Å². The van der Waals surface area contributed by atoms with Gasteiger partial charge in [-0.1, -0.05) is 25.0 Å². The Bertz CT molecular complexity index is 647. The first-order valence-corrected chi connectivity index (χ1v) is 8.70. The fraction of sp³-hybridized carbons (Fsp3) is 0.500. The molecular weight excluding hydrogens is 302 g/mol. The van der Waals surface area contributed by atoms with Gasteiger partial charge in [0.1, 0.15) is 12.7 Å². The standard InChI is InChI=1S/C18H25N5O/c1-15(22-9-4-2-3-5-10-22)18(24)20-12-16-7-6-8-17(11-16)23-14-19-13-21-23/h6-8,11,13-15H,2-5,9-10,12H2,1H3,(H,20,24)/t15-/m1/s1. The summed E-state index contributed by atoms with van der Waals surface area (Å²) in [5.74, 6) is 0.100. The van der Waals surface area contributed by atoms with Crippen LogP contribution < -0.4 is 5.32 Å². The number of nitrogens with zero attached hydrogens (tertiary/aromatic N) is 4. The SMILES string of the molecule is C[C@H](C(=O)NCc1cccc(-n2cncn2)c1)N1CCCCCC1. The predicted octanol–water partition coefficient (Wildman–Crippen LogP) is 2.15. The summed E-state index contributed by atoms with van der Waals surface area (Å²) < 4.78 is 1.71. The average molecular weight is 327 g/mol. The average Bonchev–Trinajstić information content (AvgIpc) is 3.02. The normalized spacial score (nSPS) is 17.2. The van der Waals surface area contributed by atoms with Gasteiger partial charge >= 0.3 is 0 Å². The maximum absolute atomic E-state index is 12.5. The molecule has 1 amide bonds. The van der Waals surface area contributed by atoms with Gasteiger partial charge in [0.25, 0.3) is 0 Å². The van der Waals surface area contributed by atoms with E-state index in [-0.39, 0.29) is 11.9 Å². The van der Waals surface area contributed by atoms with Crippen LogP contribution in [-0.2, 0) is 11.3 Å². The fourth-order valence-corrected chi connectivity index (χ4v) is 3.14. The van der Waals surface area contributed by atoms with E-state index in [4.69, 9.17) is 0 Å². The summed E-state index contributed by atoms with van der Waals surface area (Å²) in [6.07, 6.45) is 8.12. The van der Waals surface area contributed by atoms with Gasteiger partial charge in [-0.25, -0.2) is 9.67 Å². The number of amides is 1. The first kappa shape index (κ1) is 16.6. The van der Waals surface area contributed by atoms with Gasteiger partial charge in [0.2, 0.25) is 5.91 Å². The number of hydrogen-bond donors (Lipinski definition) is 1. The number of likely N-dealkylation sites (tertiary alicyclic amines) is 1. The molecule has 1 atom stereocenters. The lowest BCUT2D eigenvalue weighted by Gasteiger charge is -2.26. The molecule has 0 aliphatic carbocycles. The van der Waals surface area contributed by atoms with E-state index in [1.165, 1.54) is 32.0 Å². The molecule has 1 aliphatic rings. The van der Waals surface area contributed by atoms with E-state index in [0.717, 1.165) is 24.3 Å². The lowest BCUT2D eigenvalue weighted by Crippen LogP contribution is -2.45. The summed E-state index contributed by atoms with van der Waals surface area (Å²) >= 11 is 0. The zero-order valence-electron chi connectivity index (χ0n) is 14.2. The minimum atomic E-state index is -0.0680. The van der Waals surface area contributed by atoms with Gasteiger partial charge in [0.15, 0.2) is 0 Å². The monoisotopic (exact) mass is 327 g/mol. The molecule has 6 nitrogen and oxygen atoms in total. The van der Waals surface area contributed by atoms with Crippen molar-refractivity contribution in [3.63, 3.8) is 0 Å². The Morgan fingerprint density at radius 2 is 2.04 bits per heavy atom. The van der Waals surface area contributed by atoms with Gasteiger partial charge in [0.05, 0.1) is 11.7 Å². The van der Waals surface area contributed by atoms with Crippen molar-refractivity contribution in [3.8, 4) is 5.69 Å². The van der Waals surface area contributed by atoms with Gasteiger partial charge in [-0.3, -0.25) is 9.69 Å². The van der Waals surface area contributed by atoms with Crippen molar-refractivity contribution >= 4 is 5.91 Å². The molecule has 1 fully saturated rings. The van der Waals surface area contributed by atoms with Crippen molar-refractivity contribution in [2.45, 2.75) is 45.2 Å². The first-order valence-electron chi connectivity index (χ1n) is 8.70. The third-order valence-corrected chi connectivity index (χ3v) is 4.63. The topological polar surface area (TPSA) is 63.1 Å². The molecule has 24 heavy (non-hydrogen) atoms. The molecule has 128 valence electrons. The fourth-order valence-electron chi connectivity index (χ4n) is 3.14. The van der Waals surface area contributed by atoms with Crippen LogP contribution in [0.15, 0.2) is 36.9 Å². The summed E-state index contributed by atoms with van der Waals surface area (Å²) in [5.41, 5.74) is 2.00. The second kappa shape index (κ2) is 8.06. The van der Waals surface area contributed by atoms with E-state index in [2.05, 4.69) is 20.3 Å². The van der Waals surface area contributed by atoms with E-state index in [9.17, 15) is 4.79 Å². The molecule has 2 aromatic rings. The number of carbonyl (C=O) groups excluding carboxylic acids is 1. The molecule has 0 unspecified atom stereocenters. The van der Waals surface area contributed by atoms with E-state index >= 15 is 0 Å². The van der Waals surface area contributed by atoms with E-state index in [0.29, 0.717) is 6.54 Å². The van der Waals surface area contributed by atoms with Crippen LogP contribution in [0, 0.1) is 0 Å². The Kier molecular flexibility index (Phi) is 5.59. The molecule has 1 N–H and O–H groups in total. The van der Waals surface area contributed by atoms with Gasteiger partial charge in [-0.15, -0.1) is 0 Å². The van der Waals surface area contributed by atoms with Crippen molar-refractivity contribution in [1.82, 2.24) is 25.0 Å². The van der Waals surface area contributed by atoms with Crippen LogP contribution in [0.1, 0.15) is 38.2 Å². The third-order valence-electron chi connectivity index (χ3n) is 4.63. The highest BCUT2D eigenvalue weighted by atomic mass is 16.2. The van der Waals surface area contributed by atoms with E-state index in [1.807, 2.05) is 31.2 Å². The van der Waals surface area contributed by atoms with Crippen molar-refractivity contribution < 1.29 is 4.79 Å². The quantitative estimate of drug-likeness (QED) is 0.914. The van der Waals surface area contributed by atoms with Crippen molar-refractivity contribution in [1.29, 1.82) is 0 Å². The molecular formula is C18H25N5O. The Hall–Kier alpha value is -2.21. The van der Waals surface area contributed by atoms with Crippen LogP contribution in [0.3, 0.4) is 0 Å². The number of hydrogen-bond acceptors (Lipinski definition) is 4. The van der Waals surface area contributed by atoms with Crippen LogP contribution in [0.25, 0.3) is 5.69 Å². The van der Waals surface area contributed by atoms with Crippen LogP contribution in [-0.4, -0.2) is 44.7 Å². The van der Waals surface area contributed by atoms with Crippen molar-refractivity contribution in [2.24, 2.45) is 0 Å². The molecule has 1 aromatic heterocycles. The van der Waals surface area contributed by atoms with Crippen molar-refractivity contribution in [3.05, 3.63) is 42.5 Å². The first-order chi connectivity index (χ1) is 11.7. The number of rotatable bonds is 5. The van der Waals surface area contributed by atoms with Gasteiger partial charge in [0, 0.05) is 6.54 Å². The summed E-state index contributed by atoms with van der Waals surface area (Å²) in [6.45, 7) is 4.58.